The molecule has 0 unspecified atom stereocenters. The van der Waals surface area contributed by atoms with E-state index in [9.17, 15) is 4.79 Å². The Kier molecular flexibility index (Phi) is 3.28. The summed E-state index contributed by atoms with van der Waals surface area (Å²) >= 11 is 0. The van der Waals surface area contributed by atoms with Gasteiger partial charge in [0.15, 0.2) is 0 Å². The maximum absolute atomic E-state index is 11.5. The van der Waals surface area contributed by atoms with E-state index in [-0.39, 0.29) is 5.75 Å². The van der Waals surface area contributed by atoms with Gasteiger partial charge in [-0.3, -0.25) is 4.79 Å². The first kappa shape index (κ1) is 11.5. The predicted octanol–water partition coefficient (Wildman–Crippen LogP) is 0.0404. The van der Waals surface area contributed by atoms with Crippen molar-refractivity contribution in [2.75, 3.05) is 11.9 Å². The Morgan fingerprint density at radius 2 is 2.00 bits per heavy atom. The number of phenols is 1. The summed E-state index contributed by atoms with van der Waals surface area (Å²) in [4.78, 5) is 11.5. The van der Waals surface area contributed by atoms with E-state index in [0.29, 0.717) is 5.69 Å². The van der Waals surface area contributed by atoms with Crippen LogP contribution in [0.4, 0.5) is 5.69 Å². The molecule has 0 saturated heterocycles. The number of benzene rings is 1. The molecule has 15 heavy (non-hydrogen) atoms. The minimum absolute atomic E-state index is 0.116. The summed E-state index contributed by atoms with van der Waals surface area (Å²) in [5, 5.41) is 20.4. The van der Waals surface area contributed by atoms with Crippen LogP contribution in [0.5, 0.6) is 5.75 Å². The topological polar surface area (TPSA) is 95.6 Å². The van der Waals surface area contributed by atoms with Crippen LogP contribution in [-0.2, 0) is 4.79 Å². The maximum Gasteiger partial charge on any atom is 0.246 e. The molecule has 1 aromatic carbocycles. The number of hydrogen-bond donors (Lipinski definition) is 4. The van der Waals surface area contributed by atoms with Gasteiger partial charge in [0.2, 0.25) is 5.91 Å². The molecule has 1 rings (SSSR count). The fourth-order valence-corrected chi connectivity index (χ4v) is 0.890. The van der Waals surface area contributed by atoms with Gasteiger partial charge >= 0.3 is 0 Å². The van der Waals surface area contributed by atoms with Crippen LogP contribution in [0.15, 0.2) is 24.3 Å². The zero-order valence-electron chi connectivity index (χ0n) is 8.40. The molecule has 0 radical (unpaired) electrons. The van der Waals surface area contributed by atoms with Crippen LogP contribution in [0.1, 0.15) is 6.92 Å². The molecule has 82 valence electrons. The van der Waals surface area contributed by atoms with Crippen molar-refractivity contribution in [3.8, 4) is 5.75 Å². The van der Waals surface area contributed by atoms with Crippen LogP contribution in [0.2, 0.25) is 0 Å². The number of nitrogens with one attached hydrogen (secondary N) is 1. The Labute approximate surface area is 87.5 Å². The number of aromatic hydroxyl groups is 1. The summed E-state index contributed by atoms with van der Waals surface area (Å²) in [5.74, 6) is -0.360. The number of rotatable bonds is 3. The molecule has 5 heteroatoms. The highest BCUT2D eigenvalue weighted by molar-refractivity contribution is 5.97. The fraction of sp³-hybridized carbons (Fsp3) is 0.300. The monoisotopic (exact) mass is 210 g/mol. The van der Waals surface area contributed by atoms with E-state index in [4.69, 9.17) is 15.9 Å². The summed E-state index contributed by atoms with van der Waals surface area (Å²) in [6, 6.07) is 5.98. The lowest BCUT2D eigenvalue weighted by molar-refractivity contribution is -0.121. The number of aliphatic hydroxyl groups is 1. The van der Waals surface area contributed by atoms with Crippen LogP contribution in [0.3, 0.4) is 0 Å². The molecule has 1 amide bonds. The zero-order chi connectivity index (χ0) is 11.5. The van der Waals surface area contributed by atoms with Crippen LogP contribution in [-0.4, -0.2) is 28.3 Å². The number of hydrogen-bond acceptors (Lipinski definition) is 4. The molecule has 0 fully saturated rings. The number of carbonyl (C=O) groups excluding carboxylic acids is 1. The lowest BCUT2D eigenvalue weighted by atomic mass is 10.0. The number of anilines is 1. The van der Waals surface area contributed by atoms with Crippen molar-refractivity contribution in [3.05, 3.63) is 24.3 Å². The molecule has 0 heterocycles. The van der Waals surface area contributed by atoms with E-state index in [0.717, 1.165) is 0 Å². The van der Waals surface area contributed by atoms with Gasteiger partial charge in [-0.05, 0) is 31.2 Å². The maximum atomic E-state index is 11.5. The molecular formula is C10H14N2O3. The average Bonchev–Trinajstić information content (AvgIpc) is 2.21. The zero-order valence-corrected chi connectivity index (χ0v) is 8.40. The largest absolute Gasteiger partial charge is 0.508 e. The molecule has 0 aliphatic carbocycles. The second-order valence-electron chi connectivity index (χ2n) is 3.58. The predicted molar refractivity (Wildman–Crippen MR) is 56.4 cm³/mol. The Balaban J connectivity index is 2.71. The van der Waals surface area contributed by atoms with Crippen molar-refractivity contribution in [1.29, 1.82) is 0 Å². The first-order chi connectivity index (χ1) is 6.95. The van der Waals surface area contributed by atoms with Crippen molar-refractivity contribution in [2.45, 2.75) is 12.5 Å². The Morgan fingerprint density at radius 1 is 1.47 bits per heavy atom. The van der Waals surface area contributed by atoms with Crippen LogP contribution in [0.25, 0.3) is 0 Å². The number of aliphatic hydroxyl groups excluding tert-OH is 1. The Morgan fingerprint density at radius 3 is 2.47 bits per heavy atom. The van der Waals surface area contributed by atoms with Gasteiger partial charge in [-0.15, -0.1) is 0 Å². The fourth-order valence-electron chi connectivity index (χ4n) is 0.890. The standard InChI is InChI=1S/C10H14N2O3/c1-10(11,6-13)9(15)12-7-2-4-8(14)5-3-7/h2-5,13-14H,6,11H2,1H3,(H,12,15)/t10-/m0/s1. The number of nitrogens with two attached hydrogens (primary N) is 1. The smallest absolute Gasteiger partial charge is 0.246 e. The van der Waals surface area contributed by atoms with E-state index < -0.39 is 18.1 Å². The SMILES string of the molecule is C[C@](N)(CO)C(=O)Nc1ccc(O)cc1. The van der Waals surface area contributed by atoms with E-state index in [1.54, 1.807) is 12.1 Å². The third kappa shape index (κ3) is 2.93. The molecular weight excluding hydrogens is 196 g/mol. The molecule has 0 spiro atoms. The minimum atomic E-state index is -1.31. The lowest BCUT2D eigenvalue weighted by Crippen LogP contribution is -2.51. The van der Waals surface area contributed by atoms with Crippen molar-refractivity contribution in [3.63, 3.8) is 0 Å². The third-order valence-corrected chi connectivity index (χ3v) is 1.97. The van der Waals surface area contributed by atoms with Crippen molar-refractivity contribution >= 4 is 11.6 Å². The first-order valence-electron chi connectivity index (χ1n) is 4.46. The quantitative estimate of drug-likeness (QED) is 0.530. The third-order valence-electron chi connectivity index (χ3n) is 1.97. The highest BCUT2D eigenvalue weighted by Crippen LogP contribution is 2.14. The number of phenolic OH excluding ortho intramolecular Hbond substituents is 1. The van der Waals surface area contributed by atoms with E-state index in [1.807, 2.05) is 0 Å². The lowest BCUT2D eigenvalue weighted by Gasteiger charge is -2.20. The molecule has 1 aromatic rings. The number of carbonyl (C=O) groups is 1. The molecule has 0 bridgehead atoms. The van der Waals surface area contributed by atoms with E-state index in [2.05, 4.69) is 5.32 Å². The minimum Gasteiger partial charge on any atom is -0.508 e. The average molecular weight is 210 g/mol. The second kappa shape index (κ2) is 4.29. The van der Waals surface area contributed by atoms with Gasteiger partial charge in [0.1, 0.15) is 11.3 Å². The highest BCUT2D eigenvalue weighted by atomic mass is 16.3. The van der Waals surface area contributed by atoms with Gasteiger partial charge in [-0.2, -0.15) is 0 Å². The van der Waals surface area contributed by atoms with Crippen molar-refractivity contribution in [2.24, 2.45) is 5.73 Å². The summed E-state index contributed by atoms with van der Waals surface area (Å²) in [7, 11) is 0. The van der Waals surface area contributed by atoms with Gasteiger partial charge in [-0.25, -0.2) is 0 Å². The van der Waals surface area contributed by atoms with E-state index >= 15 is 0 Å². The Hall–Kier alpha value is -1.59. The molecule has 5 N–H and O–H groups in total. The van der Waals surface area contributed by atoms with Crippen LogP contribution < -0.4 is 11.1 Å². The molecule has 5 nitrogen and oxygen atoms in total. The van der Waals surface area contributed by atoms with Gasteiger partial charge in [-0.1, -0.05) is 0 Å². The van der Waals surface area contributed by atoms with Gasteiger partial charge in [0, 0.05) is 5.69 Å². The van der Waals surface area contributed by atoms with Gasteiger partial charge in [0.25, 0.3) is 0 Å². The molecule has 0 saturated carbocycles. The number of amides is 1. The summed E-state index contributed by atoms with van der Waals surface area (Å²) in [6.45, 7) is 1.000. The van der Waals surface area contributed by atoms with Gasteiger partial charge in [0.05, 0.1) is 6.61 Å². The van der Waals surface area contributed by atoms with Gasteiger partial charge < -0.3 is 21.3 Å². The summed E-state index contributed by atoms with van der Waals surface area (Å²) < 4.78 is 0. The molecule has 0 aliphatic rings. The Bertz CT molecular complexity index is 346. The highest BCUT2D eigenvalue weighted by Gasteiger charge is 2.27. The van der Waals surface area contributed by atoms with Crippen molar-refractivity contribution < 1.29 is 15.0 Å². The van der Waals surface area contributed by atoms with Crippen molar-refractivity contribution in [1.82, 2.24) is 0 Å². The second-order valence-corrected chi connectivity index (χ2v) is 3.58. The van der Waals surface area contributed by atoms with E-state index in [1.165, 1.54) is 19.1 Å². The molecule has 0 aromatic heterocycles. The summed E-state index contributed by atoms with van der Waals surface area (Å²) in [6.07, 6.45) is 0. The van der Waals surface area contributed by atoms with Crippen LogP contribution in [0, 0.1) is 0 Å². The first-order valence-corrected chi connectivity index (χ1v) is 4.46. The molecule has 0 aliphatic heterocycles. The molecule has 1 atom stereocenters. The van der Waals surface area contributed by atoms with Crippen LogP contribution >= 0.6 is 0 Å². The normalized spacial score (nSPS) is 14.3. The summed E-state index contributed by atoms with van der Waals surface area (Å²) in [5.41, 5.74) is 4.73.